The maximum Gasteiger partial charge on any atom is 0.247 e. The molecule has 5 aliphatic rings. The summed E-state index contributed by atoms with van der Waals surface area (Å²) in [5.41, 5.74) is 0.786. The lowest BCUT2D eigenvalue weighted by Gasteiger charge is -2.61. The minimum Gasteiger partial charge on any atom is -0.482 e. The van der Waals surface area contributed by atoms with Crippen LogP contribution >= 0.6 is 22.6 Å². The average Bonchev–Trinajstić information content (AvgIpc) is 3.73. The van der Waals surface area contributed by atoms with Crippen molar-refractivity contribution in [2.45, 2.75) is 70.6 Å². The van der Waals surface area contributed by atoms with Gasteiger partial charge in [0.25, 0.3) is 0 Å². The number of hydrogen-bond donors (Lipinski definition) is 3. The van der Waals surface area contributed by atoms with E-state index in [2.05, 4.69) is 41.8 Å². The lowest BCUT2D eigenvalue weighted by Crippen LogP contribution is -2.59. The highest BCUT2D eigenvalue weighted by Crippen LogP contribution is 2.61. The van der Waals surface area contributed by atoms with Gasteiger partial charge in [0.1, 0.15) is 18.0 Å². The number of aliphatic hydroxyl groups is 2. The van der Waals surface area contributed by atoms with Crippen LogP contribution in [0, 0.1) is 32.7 Å². The molecule has 2 bridgehead atoms. The Morgan fingerprint density at radius 1 is 1.19 bits per heavy atom. The van der Waals surface area contributed by atoms with E-state index in [0.29, 0.717) is 35.1 Å². The van der Waals surface area contributed by atoms with Crippen molar-refractivity contribution in [3.8, 4) is 5.75 Å². The van der Waals surface area contributed by atoms with Gasteiger partial charge in [0, 0.05) is 31.0 Å². The number of hydrogen-bond acceptors (Lipinski definition) is 5. The number of fused-ring (bicyclic) bond motifs is 2. The topological polar surface area (TPSA) is 99.1 Å². The third-order valence-electron chi connectivity index (χ3n) is 9.36. The predicted molar refractivity (Wildman–Crippen MR) is 149 cm³/mol. The van der Waals surface area contributed by atoms with E-state index >= 15 is 0 Å². The molecule has 8 heteroatoms. The summed E-state index contributed by atoms with van der Waals surface area (Å²) in [6.07, 6.45) is 5.54. The van der Waals surface area contributed by atoms with Gasteiger partial charge in [-0.2, -0.15) is 0 Å². The molecular formula is C29H39IN2O5. The van der Waals surface area contributed by atoms with Crippen LogP contribution in [0.5, 0.6) is 5.75 Å². The molecule has 202 valence electrons. The zero-order valence-electron chi connectivity index (χ0n) is 21.7. The summed E-state index contributed by atoms with van der Waals surface area (Å²) in [6, 6.07) is 7.04. The Balaban J connectivity index is 1.43. The number of benzene rings is 1. The molecule has 0 saturated heterocycles. The Labute approximate surface area is 233 Å². The van der Waals surface area contributed by atoms with E-state index in [1.807, 2.05) is 29.2 Å². The van der Waals surface area contributed by atoms with Crippen LogP contribution in [0.2, 0.25) is 0 Å². The lowest BCUT2D eigenvalue weighted by atomic mass is 9.45. The fourth-order valence-corrected chi connectivity index (χ4v) is 7.37. The molecule has 3 N–H and O–H groups in total. The molecular weight excluding hydrogens is 583 g/mol. The van der Waals surface area contributed by atoms with E-state index in [1.54, 1.807) is 6.08 Å². The first-order valence-corrected chi connectivity index (χ1v) is 14.8. The van der Waals surface area contributed by atoms with Crippen molar-refractivity contribution < 1.29 is 24.5 Å². The normalized spacial score (nSPS) is 32.1. The van der Waals surface area contributed by atoms with Crippen molar-refractivity contribution >= 4 is 34.4 Å². The zero-order valence-corrected chi connectivity index (χ0v) is 23.9. The van der Waals surface area contributed by atoms with E-state index in [0.717, 1.165) is 28.8 Å². The van der Waals surface area contributed by atoms with E-state index in [-0.39, 0.29) is 37.3 Å². The van der Waals surface area contributed by atoms with Crippen molar-refractivity contribution in [2.24, 2.45) is 29.1 Å². The average molecular weight is 623 g/mol. The Bertz CT molecular complexity index is 1050. The van der Waals surface area contributed by atoms with Gasteiger partial charge in [-0.05, 0) is 96.1 Å². The summed E-state index contributed by atoms with van der Waals surface area (Å²) in [5, 5.41) is 23.6. The minimum atomic E-state index is -0.959. The summed E-state index contributed by atoms with van der Waals surface area (Å²) in [7, 11) is 0. The molecule has 0 heterocycles. The van der Waals surface area contributed by atoms with E-state index in [9.17, 15) is 19.8 Å². The number of aliphatic hydroxyl groups excluding tert-OH is 2. The molecule has 5 aliphatic carbocycles. The molecule has 7 nitrogen and oxygen atoms in total. The molecule has 6 rings (SSSR count). The highest BCUT2D eigenvalue weighted by Gasteiger charge is 2.55. The number of nitrogens with zero attached hydrogens (tertiary/aromatic N) is 1. The number of ether oxygens (including phenoxy) is 1. The van der Waals surface area contributed by atoms with Gasteiger partial charge in [0.2, 0.25) is 11.8 Å². The molecule has 4 saturated carbocycles. The van der Waals surface area contributed by atoms with Gasteiger partial charge in [-0.15, -0.1) is 0 Å². The fourth-order valence-electron chi connectivity index (χ4n) is 6.85. The van der Waals surface area contributed by atoms with Gasteiger partial charge in [0.15, 0.2) is 0 Å². The number of carbonyl (C=O) groups excluding carboxylic acids is 2. The van der Waals surface area contributed by atoms with E-state index in [1.165, 1.54) is 12.8 Å². The second-order valence-corrected chi connectivity index (χ2v) is 13.1. The van der Waals surface area contributed by atoms with Gasteiger partial charge < -0.3 is 25.2 Å². The summed E-state index contributed by atoms with van der Waals surface area (Å²) < 4.78 is 7.18. The Morgan fingerprint density at radius 2 is 1.95 bits per heavy atom. The SMILES string of the molecule is CC1(C)C2CCC(CN(C(=O)C3CC3)C3CC(C(=O)NCCO)=CC(Oc4ccccc4I)C3O)C1C2. The third-order valence-corrected chi connectivity index (χ3v) is 10.2. The first-order chi connectivity index (χ1) is 17.7. The van der Waals surface area contributed by atoms with Gasteiger partial charge in [0.05, 0.1) is 16.2 Å². The first kappa shape index (κ1) is 26.9. The summed E-state index contributed by atoms with van der Waals surface area (Å²) >= 11 is 2.19. The summed E-state index contributed by atoms with van der Waals surface area (Å²) in [5.74, 6) is 2.23. The van der Waals surface area contributed by atoms with Crippen molar-refractivity contribution in [2.75, 3.05) is 19.7 Å². The van der Waals surface area contributed by atoms with Crippen LogP contribution in [0.4, 0.5) is 0 Å². The Hall–Kier alpha value is -1.65. The van der Waals surface area contributed by atoms with Crippen molar-refractivity contribution in [3.05, 3.63) is 39.5 Å². The van der Waals surface area contributed by atoms with Gasteiger partial charge >= 0.3 is 0 Å². The van der Waals surface area contributed by atoms with Crippen molar-refractivity contribution in [1.82, 2.24) is 10.2 Å². The highest BCUT2D eigenvalue weighted by molar-refractivity contribution is 14.1. The number of nitrogens with one attached hydrogen (secondary N) is 1. The largest absolute Gasteiger partial charge is 0.482 e. The first-order valence-electron chi connectivity index (χ1n) is 13.7. The highest BCUT2D eigenvalue weighted by atomic mass is 127. The number of amides is 2. The van der Waals surface area contributed by atoms with E-state index in [4.69, 9.17) is 4.74 Å². The van der Waals surface area contributed by atoms with Crippen LogP contribution in [0.3, 0.4) is 0 Å². The molecule has 0 aliphatic heterocycles. The Morgan fingerprint density at radius 3 is 2.59 bits per heavy atom. The molecule has 2 amide bonds. The quantitative estimate of drug-likeness (QED) is 0.367. The van der Waals surface area contributed by atoms with Gasteiger partial charge in [-0.25, -0.2) is 0 Å². The van der Waals surface area contributed by atoms with Crippen LogP contribution in [0.25, 0.3) is 0 Å². The fraction of sp³-hybridized carbons (Fsp3) is 0.655. The smallest absolute Gasteiger partial charge is 0.247 e. The van der Waals surface area contributed by atoms with Crippen LogP contribution in [-0.2, 0) is 9.59 Å². The second kappa shape index (κ2) is 10.8. The van der Waals surface area contributed by atoms with Crippen LogP contribution in [-0.4, -0.2) is 64.9 Å². The van der Waals surface area contributed by atoms with Crippen LogP contribution in [0.15, 0.2) is 35.9 Å². The van der Waals surface area contributed by atoms with Gasteiger partial charge in [-0.3, -0.25) is 9.59 Å². The van der Waals surface area contributed by atoms with Crippen LogP contribution < -0.4 is 10.1 Å². The molecule has 6 atom stereocenters. The van der Waals surface area contributed by atoms with Crippen LogP contribution in [0.1, 0.15) is 52.4 Å². The third kappa shape index (κ3) is 5.43. The second-order valence-electron chi connectivity index (χ2n) is 11.9. The molecule has 0 aromatic heterocycles. The molecule has 1 aromatic carbocycles. The molecule has 0 spiro atoms. The summed E-state index contributed by atoms with van der Waals surface area (Å²) in [6.45, 7) is 5.34. The molecule has 6 unspecified atom stereocenters. The standard InChI is InChI=1S/C29H39IN2O5/c1-29(2)20-10-9-18(21(29)15-20)16-32(28(36)17-7-8-17)23-13-19(27(35)31-11-12-33)14-25(26(23)34)37-24-6-4-3-5-22(24)30/h3-6,14,17-18,20-21,23,25-26,33-34H,7-13,15-16H2,1-2H3,(H,31,35). The number of carbonyl (C=O) groups is 2. The zero-order chi connectivity index (χ0) is 26.3. The van der Waals surface area contributed by atoms with Crippen molar-refractivity contribution in [3.63, 3.8) is 0 Å². The lowest BCUT2D eigenvalue weighted by molar-refractivity contribution is -0.149. The molecule has 4 fully saturated rings. The Kier molecular flexibility index (Phi) is 7.90. The molecule has 0 radical (unpaired) electrons. The predicted octanol–water partition coefficient (Wildman–Crippen LogP) is 3.52. The van der Waals surface area contributed by atoms with Gasteiger partial charge in [-0.1, -0.05) is 26.0 Å². The number of para-hydroxylation sites is 1. The maximum absolute atomic E-state index is 13.7. The summed E-state index contributed by atoms with van der Waals surface area (Å²) in [4.78, 5) is 28.6. The monoisotopic (exact) mass is 622 g/mol. The minimum absolute atomic E-state index is 0.0185. The molecule has 1 aromatic rings. The maximum atomic E-state index is 13.7. The molecule has 37 heavy (non-hydrogen) atoms. The van der Waals surface area contributed by atoms with E-state index < -0.39 is 18.2 Å². The number of halogens is 1. The van der Waals surface area contributed by atoms with Crippen molar-refractivity contribution in [1.29, 1.82) is 0 Å². The number of rotatable bonds is 9.